The monoisotopic (exact) mass is 198 g/mol. The molecule has 1 aromatic carbocycles. The molecule has 0 saturated carbocycles. The highest BCUT2D eigenvalue weighted by molar-refractivity contribution is 7.99. The largest absolute Gasteiger partial charge is 0.396 e. The SMILES string of the molecule is CC.Cc1ccc(SCCO)cc1. The summed E-state index contributed by atoms with van der Waals surface area (Å²) in [6, 6.07) is 8.32. The van der Waals surface area contributed by atoms with Crippen LogP contribution in [0.25, 0.3) is 0 Å². The summed E-state index contributed by atoms with van der Waals surface area (Å²) in [5.41, 5.74) is 1.28. The molecule has 1 nitrogen and oxygen atoms in total. The van der Waals surface area contributed by atoms with Gasteiger partial charge in [-0.3, -0.25) is 0 Å². The van der Waals surface area contributed by atoms with Gasteiger partial charge in [0, 0.05) is 10.6 Å². The van der Waals surface area contributed by atoms with Gasteiger partial charge < -0.3 is 5.11 Å². The maximum absolute atomic E-state index is 8.56. The molecule has 1 rings (SSSR count). The van der Waals surface area contributed by atoms with Crippen LogP contribution in [0.4, 0.5) is 0 Å². The topological polar surface area (TPSA) is 20.2 Å². The summed E-state index contributed by atoms with van der Waals surface area (Å²) in [4.78, 5) is 1.23. The summed E-state index contributed by atoms with van der Waals surface area (Å²) < 4.78 is 0. The number of hydrogen-bond acceptors (Lipinski definition) is 2. The predicted molar refractivity (Wildman–Crippen MR) is 60.3 cm³/mol. The molecule has 0 aliphatic rings. The summed E-state index contributed by atoms with van der Waals surface area (Å²) in [5.74, 6) is 0.781. The van der Waals surface area contributed by atoms with Crippen molar-refractivity contribution in [1.29, 1.82) is 0 Å². The maximum atomic E-state index is 8.56. The molecule has 13 heavy (non-hydrogen) atoms. The van der Waals surface area contributed by atoms with Crippen LogP contribution in [0.1, 0.15) is 19.4 Å². The smallest absolute Gasteiger partial charge is 0.0525 e. The lowest BCUT2D eigenvalue weighted by Crippen LogP contribution is -1.84. The fourth-order valence-electron chi connectivity index (χ4n) is 0.798. The minimum Gasteiger partial charge on any atom is -0.396 e. The van der Waals surface area contributed by atoms with E-state index >= 15 is 0 Å². The van der Waals surface area contributed by atoms with E-state index in [0.717, 1.165) is 5.75 Å². The third kappa shape index (κ3) is 5.72. The molecule has 0 spiro atoms. The van der Waals surface area contributed by atoms with Crippen molar-refractivity contribution in [2.45, 2.75) is 25.7 Å². The highest BCUT2D eigenvalue weighted by Crippen LogP contribution is 2.17. The Morgan fingerprint density at radius 1 is 1.15 bits per heavy atom. The van der Waals surface area contributed by atoms with Gasteiger partial charge in [0.25, 0.3) is 0 Å². The second kappa shape index (κ2) is 8.14. The van der Waals surface area contributed by atoms with Crippen LogP contribution in [0.3, 0.4) is 0 Å². The third-order valence-electron chi connectivity index (χ3n) is 1.38. The molecule has 0 amide bonds. The molecule has 0 atom stereocenters. The van der Waals surface area contributed by atoms with Crippen LogP contribution >= 0.6 is 11.8 Å². The predicted octanol–water partition coefficient (Wildman–Crippen LogP) is 3.11. The Hall–Kier alpha value is -0.470. The van der Waals surface area contributed by atoms with Gasteiger partial charge in [-0.2, -0.15) is 0 Å². The fraction of sp³-hybridized carbons (Fsp3) is 0.455. The molecule has 0 aromatic heterocycles. The molecule has 0 unspecified atom stereocenters. The van der Waals surface area contributed by atoms with Gasteiger partial charge in [-0.15, -0.1) is 11.8 Å². The number of hydrogen-bond donors (Lipinski definition) is 1. The van der Waals surface area contributed by atoms with Gasteiger partial charge in [0.1, 0.15) is 0 Å². The van der Waals surface area contributed by atoms with Crippen molar-refractivity contribution in [1.82, 2.24) is 0 Å². The fourth-order valence-corrected chi connectivity index (χ4v) is 1.45. The van der Waals surface area contributed by atoms with Crippen LogP contribution in [-0.2, 0) is 0 Å². The second-order valence-electron chi connectivity index (χ2n) is 2.39. The van der Waals surface area contributed by atoms with E-state index in [9.17, 15) is 0 Å². The first-order valence-corrected chi connectivity index (χ1v) is 5.62. The second-order valence-corrected chi connectivity index (χ2v) is 3.55. The number of rotatable bonds is 3. The highest BCUT2D eigenvalue weighted by Gasteiger charge is 1.90. The number of aliphatic hydroxyl groups is 1. The van der Waals surface area contributed by atoms with Crippen LogP contribution in [0.5, 0.6) is 0 Å². The van der Waals surface area contributed by atoms with Gasteiger partial charge in [-0.05, 0) is 19.1 Å². The van der Waals surface area contributed by atoms with E-state index < -0.39 is 0 Å². The molecule has 74 valence electrons. The average Bonchev–Trinajstić information content (AvgIpc) is 2.20. The third-order valence-corrected chi connectivity index (χ3v) is 2.37. The zero-order valence-corrected chi connectivity index (χ0v) is 9.40. The van der Waals surface area contributed by atoms with E-state index in [1.54, 1.807) is 11.8 Å². The Kier molecular flexibility index (Phi) is 7.85. The Morgan fingerprint density at radius 3 is 2.15 bits per heavy atom. The lowest BCUT2D eigenvalue weighted by Gasteiger charge is -1.98. The summed E-state index contributed by atoms with van der Waals surface area (Å²) >= 11 is 1.68. The summed E-state index contributed by atoms with van der Waals surface area (Å²) in [5, 5.41) is 8.56. The standard InChI is InChI=1S/C9H12OS.C2H6/c1-8-2-4-9(5-3-8)11-7-6-10;1-2/h2-5,10H,6-7H2,1H3;1-2H3. The molecule has 1 aromatic rings. The molecular weight excluding hydrogens is 180 g/mol. The molecule has 0 bridgehead atoms. The van der Waals surface area contributed by atoms with Crippen molar-refractivity contribution >= 4 is 11.8 Å². The van der Waals surface area contributed by atoms with Crippen LogP contribution in [-0.4, -0.2) is 17.5 Å². The zero-order valence-electron chi connectivity index (χ0n) is 8.58. The summed E-state index contributed by atoms with van der Waals surface area (Å²) in [6.45, 7) is 6.32. The van der Waals surface area contributed by atoms with Gasteiger partial charge in [0.05, 0.1) is 6.61 Å². The molecule has 0 radical (unpaired) electrons. The van der Waals surface area contributed by atoms with Gasteiger partial charge >= 0.3 is 0 Å². The van der Waals surface area contributed by atoms with Crippen molar-refractivity contribution in [3.05, 3.63) is 29.8 Å². The van der Waals surface area contributed by atoms with Crippen molar-refractivity contribution < 1.29 is 5.11 Å². The van der Waals surface area contributed by atoms with E-state index in [-0.39, 0.29) is 6.61 Å². The Bertz CT molecular complexity index is 206. The molecule has 0 aliphatic carbocycles. The number of aryl methyl sites for hydroxylation is 1. The summed E-state index contributed by atoms with van der Waals surface area (Å²) in [6.07, 6.45) is 0. The summed E-state index contributed by atoms with van der Waals surface area (Å²) in [7, 11) is 0. The molecule has 0 fully saturated rings. The van der Waals surface area contributed by atoms with Crippen LogP contribution < -0.4 is 0 Å². The lowest BCUT2D eigenvalue weighted by molar-refractivity contribution is 0.322. The van der Waals surface area contributed by atoms with E-state index in [1.165, 1.54) is 10.5 Å². The molecule has 1 N–H and O–H groups in total. The van der Waals surface area contributed by atoms with Crippen LogP contribution in [0.15, 0.2) is 29.2 Å². The van der Waals surface area contributed by atoms with Crippen molar-refractivity contribution in [3.8, 4) is 0 Å². The van der Waals surface area contributed by atoms with Crippen LogP contribution in [0, 0.1) is 6.92 Å². The number of benzene rings is 1. The average molecular weight is 198 g/mol. The van der Waals surface area contributed by atoms with Crippen molar-refractivity contribution in [2.75, 3.05) is 12.4 Å². The first kappa shape index (κ1) is 12.5. The van der Waals surface area contributed by atoms with Gasteiger partial charge in [-0.1, -0.05) is 31.5 Å². The highest BCUT2D eigenvalue weighted by atomic mass is 32.2. The molecular formula is C11H18OS. The number of aliphatic hydroxyl groups excluding tert-OH is 1. The van der Waals surface area contributed by atoms with E-state index in [4.69, 9.17) is 5.11 Å². The zero-order chi connectivity index (χ0) is 10.1. The molecule has 0 heterocycles. The van der Waals surface area contributed by atoms with Gasteiger partial charge in [-0.25, -0.2) is 0 Å². The first-order chi connectivity index (χ1) is 6.33. The van der Waals surface area contributed by atoms with Gasteiger partial charge in [0.15, 0.2) is 0 Å². The first-order valence-electron chi connectivity index (χ1n) is 4.63. The normalized spacial score (nSPS) is 8.92. The number of thioether (sulfide) groups is 1. The van der Waals surface area contributed by atoms with Crippen molar-refractivity contribution in [3.63, 3.8) is 0 Å². The molecule has 0 saturated heterocycles. The molecule has 2 heteroatoms. The lowest BCUT2D eigenvalue weighted by atomic mass is 10.2. The minimum absolute atomic E-state index is 0.249. The quantitative estimate of drug-likeness (QED) is 0.753. The Labute approximate surface area is 85.2 Å². The molecule has 0 aliphatic heterocycles. The maximum Gasteiger partial charge on any atom is 0.0525 e. The Morgan fingerprint density at radius 2 is 1.69 bits per heavy atom. The minimum atomic E-state index is 0.249. The van der Waals surface area contributed by atoms with Crippen LogP contribution in [0.2, 0.25) is 0 Å². The van der Waals surface area contributed by atoms with Crippen molar-refractivity contribution in [2.24, 2.45) is 0 Å². The van der Waals surface area contributed by atoms with E-state index in [1.807, 2.05) is 13.8 Å². The van der Waals surface area contributed by atoms with E-state index in [0.29, 0.717) is 0 Å². The van der Waals surface area contributed by atoms with Gasteiger partial charge in [0.2, 0.25) is 0 Å². The van der Waals surface area contributed by atoms with E-state index in [2.05, 4.69) is 31.2 Å². The Balaban J connectivity index is 0.000000671.